The van der Waals surface area contributed by atoms with Crippen LogP contribution in [0.25, 0.3) is 0 Å². The molecule has 20 heavy (non-hydrogen) atoms. The molecule has 0 heterocycles. The molecule has 0 bridgehead atoms. The van der Waals surface area contributed by atoms with Gasteiger partial charge in [-0.1, -0.05) is 18.3 Å². The third-order valence-electron chi connectivity index (χ3n) is 2.92. The van der Waals surface area contributed by atoms with Gasteiger partial charge in [-0.2, -0.15) is 0 Å². The lowest BCUT2D eigenvalue weighted by Gasteiger charge is -2.17. The van der Waals surface area contributed by atoms with Crippen molar-refractivity contribution in [2.75, 3.05) is 11.9 Å². The third-order valence-corrected chi connectivity index (χ3v) is 3.15. The van der Waals surface area contributed by atoms with E-state index in [9.17, 15) is 9.18 Å². The summed E-state index contributed by atoms with van der Waals surface area (Å²) in [6.07, 6.45) is 0. The molecule has 0 saturated carbocycles. The lowest BCUT2D eigenvalue weighted by molar-refractivity contribution is 0.0992. The summed E-state index contributed by atoms with van der Waals surface area (Å²) < 4.78 is 13.1. The fourth-order valence-corrected chi connectivity index (χ4v) is 1.92. The zero-order valence-electron chi connectivity index (χ0n) is 10.8. The lowest BCUT2D eigenvalue weighted by atomic mass is 10.1. The van der Waals surface area contributed by atoms with E-state index in [1.165, 1.54) is 23.1 Å². The standard InChI is InChI=1S/C15H13FN2OS/c1-18(13-7-5-10(6-8-13)14(17)20)15(19)11-3-2-4-12(16)9-11/h2-9H,1H3,(H2,17,20). The SMILES string of the molecule is CN(C(=O)c1cccc(F)c1)c1ccc(C(N)=S)cc1. The van der Waals surface area contributed by atoms with Crippen LogP contribution in [-0.2, 0) is 0 Å². The highest BCUT2D eigenvalue weighted by Gasteiger charge is 2.14. The van der Waals surface area contributed by atoms with E-state index < -0.39 is 5.82 Å². The van der Waals surface area contributed by atoms with E-state index in [0.717, 1.165) is 5.56 Å². The van der Waals surface area contributed by atoms with Gasteiger partial charge in [-0.3, -0.25) is 4.79 Å². The summed E-state index contributed by atoms with van der Waals surface area (Å²) in [5.74, 6) is -0.722. The Hall–Kier alpha value is -2.27. The largest absolute Gasteiger partial charge is 0.389 e. The highest BCUT2D eigenvalue weighted by atomic mass is 32.1. The number of carbonyl (C=O) groups is 1. The van der Waals surface area contributed by atoms with E-state index >= 15 is 0 Å². The maximum absolute atomic E-state index is 13.1. The quantitative estimate of drug-likeness (QED) is 0.883. The minimum Gasteiger partial charge on any atom is -0.389 e. The van der Waals surface area contributed by atoms with Crippen LogP contribution in [-0.4, -0.2) is 17.9 Å². The summed E-state index contributed by atoms with van der Waals surface area (Å²) in [6, 6.07) is 12.6. The van der Waals surface area contributed by atoms with E-state index in [0.29, 0.717) is 16.2 Å². The molecule has 2 rings (SSSR count). The van der Waals surface area contributed by atoms with Crippen LogP contribution in [0, 0.1) is 5.82 Å². The van der Waals surface area contributed by atoms with Gasteiger partial charge in [0.1, 0.15) is 10.8 Å². The van der Waals surface area contributed by atoms with E-state index in [1.54, 1.807) is 37.4 Å². The first kappa shape index (κ1) is 14.1. The second kappa shape index (κ2) is 5.79. The number of halogens is 1. The molecule has 102 valence electrons. The summed E-state index contributed by atoms with van der Waals surface area (Å²) in [6.45, 7) is 0. The average molecular weight is 288 g/mol. The number of benzene rings is 2. The smallest absolute Gasteiger partial charge is 0.258 e. The topological polar surface area (TPSA) is 46.3 Å². The fourth-order valence-electron chi connectivity index (χ4n) is 1.78. The van der Waals surface area contributed by atoms with Crippen molar-refractivity contribution in [3.05, 3.63) is 65.5 Å². The van der Waals surface area contributed by atoms with Gasteiger partial charge in [-0.15, -0.1) is 0 Å². The van der Waals surface area contributed by atoms with Gasteiger partial charge in [-0.05, 0) is 42.5 Å². The molecule has 2 aromatic carbocycles. The molecule has 0 atom stereocenters. The number of anilines is 1. The van der Waals surface area contributed by atoms with E-state index in [4.69, 9.17) is 18.0 Å². The summed E-state index contributed by atoms with van der Waals surface area (Å²) in [5.41, 5.74) is 7.23. The van der Waals surface area contributed by atoms with Gasteiger partial charge < -0.3 is 10.6 Å². The number of nitrogens with two attached hydrogens (primary N) is 1. The normalized spacial score (nSPS) is 10.1. The number of hydrogen-bond acceptors (Lipinski definition) is 2. The Morgan fingerprint density at radius 1 is 1.15 bits per heavy atom. The Labute approximate surface area is 121 Å². The van der Waals surface area contributed by atoms with Crippen molar-refractivity contribution < 1.29 is 9.18 Å². The van der Waals surface area contributed by atoms with Crippen molar-refractivity contribution in [2.24, 2.45) is 5.73 Å². The molecule has 2 N–H and O–H groups in total. The molecule has 0 aliphatic carbocycles. The van der Waals surface area contributed by atoms with E-state index in [-0.39, 0.29) is 5.91 Å². The highest BCUT2D eigenvalue weighted by molar-refractivity contribution is 7.80. The van der Waals surface area contributed by atoms with Crippen LogP contribution in [0.5, 0.6) is 0 Å². The second-order valence-corrected chi connectivity index (χ2v) is 4.73. The summed E-state index contributed by atoms with van der Waals surface area (Å²) in [5, 5.41) is 0. The van der Waals surface area contributed by atoms with Gasteiger partial charge in [0, 0.05) is 23.9 Å². The number of rotatable bonds is 3. The van der Waals surface area contributed by atoms with Crippen molar-refractivity contribution in [3.63, 3.8) is 0 Å². The predicted molar refractivity (Wildman–Crippen MR) is 81.5 cm³/mol. The van der Waals surface area contributed by atoms with Crippen LogP contribution in [0.3, 0.4) is 0 Å². The van der Waals surface area contributed by atoms with Gasteiger partial charge in [0.25, 0.3) is 5.91 Å². The highest BCUT2D eigenvalue weighted by Crippen LogP contribution is 2.17. The fraction of sp³-hybridized carbons (Fsp3) is 0.0667. The molecule has 0 spiro atoms. The zero-order valence-corrected chi connectivity index (χ0v) is 11.7. The number of amides is 1. The minimum absolute atomic E-state index is 0.285. The summed E-state index contributed by atoms with van der Waals surface area (Å²) >= 11 is 4.87. The van der Waals surface area contributed by atoms with Crippen LogP contribution in [0.1, 0.15) is 15.9 Å². The molecule has 0 aromatic heterocycles. The van der Waals surface area contributed by atoms with Crippen LogP contribution in [0.4, 0.5) is 10.1 Å². The van der Waals surface area contributed by atoms with Gasteiger partial charge in [0.2, 0.25) is 0 Å². The van der Waals surface area contributed by atoms with Crippen molar-refractivity contribution in [1.82, 2.24) is 0 Å². The Bertz CT molecular complexity index is 655. The minimum atomic E-state index is -0.437. The van der Waals surface area contributed by atoms with Crippen molar-refractivity contribution in [3.8, 4) is 0 Å². The average Bonchev–Trinajstić information content (AvgIpc) is 2.46. The molecular weight excluding hydrogens is 275 g/mol. The lowest BCUT2D eigenvalue weighted by Crippen LogP contribution is -2.26. The number of hydrogen-bond donors (Lipinski definition) is 1. The van der Waals surface area contributed by atoms with Crippen molar-refractivity contribution >= 4 is 28.8 Å². The molecular formula is C15H13FN2OS. The zero-order chi connectivity index (χ0) is 14.7. The monoisotopic (exact) mass is 288 g/mol. The van der Waals surface area contributed by atoms with Gasteiger partial charge in [0.05, 0.1) is 0 Å². The molecule has 5 heteroatoms. The van der Waals surface area contributed by atoms with Crippen LogP contribution >= 0.6 is 12.2 Å². The first-order valence-corrected chi connectivity index (χ1v) is 6.33. The van der Waals surface area contributed by atoms with Gasteiger partial charge in [0.15, 0.2) is 0 Å². The van der Waals surface area contributed by atoms with Crippen LogP contribution in [0.15, 0.2) is 48.5 Å². The molecule has 0 unspecified atom stereocenters. The second-order valence-electron chi connectivity index (χ2n) is 4.29. The van der Waals surface area contributed by atoms with Crippen molar-refractivity contribution in [1.29, 1.82) is 0 Å². The number of carbonyl (C=O) groups excluding carboxylic acids is 1. The third kappa shape index (κ3) is 3.00. The molecule has 0 radical (unpaired) electrons. The Morgan fingerprint density at radius 3 is 2.35 bits per heavy atom. The van der Waals surface area contributed by atoms with E-state index in [2.05, 4.69) is 0 Å². The predicted octanol–water partition coefficient (Wildman–Crippen LogP) is 2.74. The molecule has 0 aliphatic rings. The van der Waals surface area contributed by atoms with Crippen LogP contribution in [0.2, 0.25) is 0 Å². The molecule has 0 saturated heterocycles. The molecule has 0 fully saturated rings. The maximum Gasteiger partial charge on any atom is 0.258 e. The molecule has 2 aromatic rings. The summed E-state index contributed by atoms with van der Waals surface area (Å²) in [4.78, 5) is 14.0. The van der Waals surface area contributed by atoms with Gasteiger partial charge >= 0.3 is 0 Å². The molecule has 3 nitrogen and oxygen atoms in total. The Kier molecular flexibility index (Phi) is 4.10. The summed E-state index contributed by atoms with van der Waals surface area (Å²) in [7, 11) is 1.63. The number of thiocarbonyl (C=S) groups is 1. The molecule has 1 amide bonds. The van der Waals surface area contributed by atoms with Gasteiger partial charge in [-0.25, -0.2) is 4.39 Å². The Balaban J connectivity index is 2.24. The Morgan fingerprint density at radius 2 is 1.80 bits per heavy atom. The number of nitrogens with zero attached hydrogens (tertiary/aromatic N) is 1. The first-order chi connectivity index (χ1) is 9.49. The first-order valence-electron chi connectivity index (χ1n) is 5.92. The molecule has 0 aliphatic heterocycles. The maximum atomic E-state index is 13.1. The van der Waals surface area contributed by atoms with E-state index in [1.807, 2.05) is 0 Å². The van der Waals surface area contributed by atoms with Crippen molar-refractivity contribution in [2.45, 2.75) is 0 Å². The van der Waals surface area contributed by atoms with Crippen LogP contribution < -0.4 is 10.6 Å².